The molecule has 1 N–H and O–H groups in total. The van der Waals surface area contributed by atoms with E-state index in [0.29, 0.717) is 17.8 Å². The van der Waals surface area contributed by atoms with Crippen LogP contribution >= 0.6 is 30.8 Å². The minimum atomic E-state index is -3.72. The molecule has 4 aliphatic carbocycles. The molecule has 8 heteroatoms. The lowest BCUT2D eigenvalue weighted by molar-refractivity contribution is -0.589. The zero-order chi connectivity index (χ0) is 19.2. The Morgan fingerprint density at radius 1 is 1.22 bits per heavy atom. The van der Waals surface area contributed by atoms with E-state index in [1.165, 1.54) is 0 Å². The third kappa shape index (κ3) is 2.59. The van der Waals surface area contributed by atoms with Crippen LogP contribution in [-0.4, -0.2) is 22.0 Å². The summed E-state index contributed by atoms with van der Waals surface area (Å²) in [5.41, 5.74) is -0.237. The first-order valence-corrected chi connectivity index (χ1v) is 12.2. The Morgan fingerprint density at radius 2 is 1.89 bits per heavy atom. The standard InChI is InChI=1S/C19H23Cl2O5P/c1-17(12-3-4-15(20)16(7-12)24-27(2,22)23)19(26-25-17)13-5-11-6-14(19)10-18(21,8-11)9-13/h3-4,7,11,13-14H,5-6,8-10H2,1-2H3,(H,22,23). The minimum Gasteiger partial charge on any atom is -0.423 e. The summed E-state index contributed by atoms with van der Waals surface area (Å²) < 4.78 is 16.9. The first-order chi connectivity index (χ1) is 12.5. The third-order valence-corrected chi connectivity index (χ3v) is 8.48. The highest BCUT2D eigenvalue weighted by Crippen LogP contribution is 2.71. The zero-order valence-electron chi connectivity index (χ0n) is 15.3. The molecule has 1 saturated heterocycles. The SMILES string of the molecule is CC1(c2ccc(Cl)c(OP(C)(=O)O)c2)OOC12C1CC3CC2CC(Cl)(C3)C1. The Bertz CT molecular complexity index is 839. The van der Waals surface area contributed by atoms with Crippen molar-refractivity contribution in [2.24, 2.45) is 17.8 Å². The summed E-state index contributed by atoms with van der Waals surface area (Å²) in [6.45, 7) is 3.18. The molecule has 1 aromatic carbocycles. The molecular weight excluding hydrogens is 410 g/mol. The molecule has 1 heterocycles. The second kappa shape index (κ2) is 5.65. The van der Waals surface area contributed by atoms with Gasteiger partial charge in [-0.1, -0.05) is 17.7 Å². The fraction of sp³-hybridized carbons (Fsp3) is 0.684. The molecule has 148 valence electrons. The molecule has 5 fully saturated rings. The summed E-state index contributed by atoms with van der Waals surface area (Å²) in [7, 11) is -3.72. The molecule has 0 amide bonds. The second-order valence-electron chi connectivity index (χ2n) is 9.03. The van der Waals surface area contributed by atoms with Crippen LogP contribution in [0, 0.1) is 17.8 Å². The Morgan fingerprint density at radius 3 is 2.41 bits per heavy atom. The summed E-state index contributed by atoms with van der Waals surface area (Å²) in [4.78, 5) is 21.2. The third-order valence-electron chi connectivity index (χ3n) is 7.17. The molecule has 1 spiro atoms. The molecule has 5 nitrogen and oxygen atoms in total. The van der Waals surface area contributed by atoms with Gasteiger partial charge in [0.2, 0.25) is 0 Å². The van der Waals surface area contributed by atoms with Gasteiger partial charge in [0.15, 0.2) is 5.60 Å². The van der Waals surface area contributed by atoms with Gasteiger partial charge in [0.25, 0.3) is 0 Å². The maximum Gasteiger partial charge on any atom is 0.373 e. The average Bonchev–Trinajstić information content (AvgIpc) is 2.52. The number of alkyl halides is 1. The van der Waals surface area contributed by atoms with Gasteiger partial charge in [0.1, 0.15) is 11.4 Å². The van der Waals surface area contributed by atoms with Crippen molar-refractivity contribution in [2.75, 3.05) is 6.66 Å². The van der Waals surface area contributed by atoms with E-state index in [1.807, 2.05) is 13.0 Å². The number of benzene rings is 1. The van der Waals surface area contributed by atoms with Crippen molar-refractivity contribution in [3.63, 3.8) is 0 Å². The van der Waals surface area contributed by atoms with Gasteiger partial charge in [0, 0.05) is 11.5 Å². The van der Waals surface area contributed by atoms with Crippen LogP contribution in [0.25, 0.3) is 0 Å². The predicted molar refractivity (Wildman–Crippen MR) is 102 cm³/mol. The minimum absolute atomic E-state index is 0.0956. The summed E-state index contributed by atoms with van der Waals surface area (Å²) in [6, 6.07) is 5.28. The molecule has 1 aliphatic heterocycles. The monoisotopic (exact) mass is 432 g/mol. The van der Waals surface area contributed by atoms with Gasteiger partial charge in [-0.2, -0.15) is 0 Å². The molecule has 4 atom stereocenters. The molecule has 0 radical (unpaired) electrons. The Hall–Kier alpha value is -0.290. The summed E-state index contributed by atoms with van der Waals surface area (Å²) in [5, 5.41) is 0.289. The normalized spacial score (nSPS) is 46.9. The quantitative estimate of drug-likeness (QED) is 0.400. The van der Waals surface area contributed by atoms with E-state index in [4.69, 9.17) is 37.5 Å². The summed E-state index contributed by atoms with van der Waals surface area (Å²) in [6.07, 6.45) is 5.22. The number of rotatable bonds is 3. The van der Waals surface area contributed by atoms with E-state index >= 15 is 0 Å². The lowest BCUT2D eigenvalue weighted by Crippen LogP contribution is -2.76. The maximum absolute atomic E-state index is 11.7. The van der Waals surface area contributed by atoms with Crippen molar-refractivity contribution in [1.29, 1.82) is 0 Å². The molecule has 5 aliphatic rings. The van der Waals surface area contributed by atoms with E-state index in [1.54, 1.807) is 12.1 Å². The van der Waals surface area contributed by atoms with Crippen LogP contribution in [0.15, 0.2) is 18.2 Å². The van der Waals surface area contributed by atoms with E-state index in [9.17, 15) is 9.46 Å². The van der Waals surface area contributed by atoms with Crippen molar-refractivity contribution in [2.45, 2.75) is 55.1 Å². The van der Waals surface area contributed by atoms with Crippen LogP contribution in [0.4, 0.5) is 0 Å². The molecule has 27 heavy (non-hydrogen) atoms. The van der Waals surface area contributed by atoms with Crippen LogP contribution in [0.3, 0.4) is 0 Å². The van der Waals surface area contributed by atoms with Crippen molar-refractivity contribution in [1.82, 2.24) is 0 Å². The zero-order valence-corrected chi connectivity index (χ0v) is 17.7. The smallest absolute Gasteiger partial charge is 0.373 e. The van der Waals surface area contributed by atoms with Gasteiger partial charge >= 0.3 is 7.60 Å². The lowest BCUT2D eigenvalue weighted by Gasteiger charge is -2.70. The maximum atomic E-state index is 11.7. The van der Waals surface area contributed by atoms with Crippen molar-refractivity contribution in [3.05, 3.63) is 28.8 Å². The van der Waals surface area contributed by atoms with E-state index in [2.05, 4.69) is 0 Å². The average molecular weight is 433 g/mol. The van der Waals surface area contributed by atoms with Crippen LogP contribution in [0.2, 0.25) is 5.02 Å². The van der Waals surface area contributed by atoms with E-state index < -0.39 is 18.8 Å². The highest BCUT2D eigenvalue weighted by molar-refractivity contribution is 7.52. The highest BCUT2D eigenvalue weighted by atomic mass is 35.5. The van der Waals surface area contributed by atoms with Crippen molar-refractivity contribution >= 4 is 30.8 Å². The van der Waals surface area contributed by atoms with Crippen LogP contribution < -0.4 is 4.52 Å². The van der Waals surface area contributed by atoms with Gasteiger partial charge in [0.05, 0.1) is 5.02 Å². The molecule has 6 rings (SSSR count). The second-order valence-corrected chi connectivity index (χ2v) is 12.0. The molecule has 1 aromatic rings. The topological polar surface area (TPSA) is 65.0 Å². The fourth-order valence-corrected chi connectivity index (χ4v) is 7.69. The van der Waals surface area contributed by atoms with Crippen molar-refractivity contribution in [3.8, 4) is 5.75 Å². The van der Waals surface area contributed by atoms with Crippen LogP contribution in [0.1, 0.15) is 44.6 Å². The number of halogens is 2. The number of hydrogen-bond acceptors (Lipinski definition) is 4. The van der Waals surface area contributed by atoms with Gasteiger partial charge in [-0.15, -0.1) is 11.6 Å². The molecule has 4 unspecified atom stereocenters. The predicted octanol–water partition coefficient (Wildman–Crippen LogP) is 5.27. The van der Waals surface area contributed by atoms with Crippen LogP contribution in [-0.2, 0) is 19.9 Å². The largest absolute Gasteiger partial charge is 0.423 e. The molecular formula is C19H23Cl2O5P. The van der Waals surface area contributed by atoms with Gasteiger partial charge in [-0.3, -0.25) is 0 Å². The first-order valence-electron chi connectivity index (χ1n) is 9.40. The Balaban J connectivity index is 1.54. The van der Waals surface area contributed by atoms with E-state index in [-0.39, 0.29) is 15.6 Å². The fourth-order valence-electron chi connectivity index (χ4n) is 6.38. The molecule has 4 saturated carbocycles. The molecule has 0 aromatic heterocycles. The highest BCUT2D eigenvalue weighted by Gasteiger charge is 2.75. The van der Waals surface area contributed by atoms with Gasteiger partial charge in [-0.05, 0) is 74.5 Å². The van der Waals surface area contributed by atoms with Crippen LogP contribution in [0.5, 0.6) is 5.75 Å². The summed E-state index contributed by atoms with van der Waals surface area (Å²) in [5.74, 6) is 1.54. The van der Waals surface area contributed by atoms with E-state index in [0.717, 1.165) is 44.3 Å². The molecule has 4 bridgehead atoms. The van der Waals surface area contributed by atoms with Gasteiger partial charge < -0.3 is 9.42 Å². The Labute approximate surface area is 168 Å². The Kier molecular flexibility index (Phi) is 3.92. The summed E-state index contributed by atoms with van der Waals surface area (Å²) >= 11 is 13.1. The lowest BCUT2D eigenvalue weighted by atomic mass is 9.45. The van der Waals surface area contributed by atoms with Gasteiger partial charge in [-0.25, -0.2) is 14.3 Å². The van der Waals surface area contributed by atoms with Crippen molar-refractivity contribution < 1.29 is 23.8 Å². The first kappa shape index (κ1) is 18.7. The number of hydrogen-bond donors (Lipinski definition) is 1.